The van der Waals surface area contributed by atoms with Crippen LogP contribution in [0.15, 0.2) is 59.8 Å². The van der Waals surface area contributed by atoms with Gasteiger partial charge in [-0.3, -0.25) is 0 Å². The first-order valence-electron chi connectivity index (χ1n) is 8.34. The summed E-state index contributed by atoms with van der Waals surface area (Å²) in [4.78, 5) is 11.1. The van der Waals surface area contributed by atoms with Gasteiger partial charge in [-0.05, 0) is 36.7 Å². The van der Waals surface area contributed by atoms with E-state index in [-0.39, 0.29) is 29.3 Å². The maximum Gasteiger partial charge on any atom is 0.330 e. The van der Waals surface area contributed by atoms with Gasteiger partial charge in [0, 0.05) is 6.08 Å². The summed E-state index contributed by atoms with van der Waals surface area (Å²) in [5.41, 5.74) is 1.99. The molecule has 24 heavy (non-hydrogen) atoms. The van der Waals surface area contributed by atoms with Crippen molar-refractivity contribution in [3.05, 3.63) is 59.8 Å². The number of aliphatic hydroxyl groups excluding tert-OH is 1. The van der Waals surface area contributed by atoms with Crippen LogP contribution in [0, 0.1) is 17.3 Å². The van der Waals surface area contributed by atoms with E-state index >= 15 is 0 Å². The molecular weight excluding hydrogens is 300 g/mol. The van der Waals surface area contributed by atoms with Gasteiger partial charge in [0.15, 0.2) is 0 Å². The fourth-order valence-corrected chi connectivity index (χ4v) is 2.90. The maximum absolute atomic E-state index is 11.1. The molecule has 3 nitrogen and oxygen atoms in total. The molecule has 1 rings (SSSR count). The van der Waals surface area contributed by atoms with Gasteiger partial charge in [-0.1, -0.05) is 68.9 Å². The summed E-state index contributed by atoms with van der Waals surface area (Å²) < 4.78 is 4.59. The molecule has 0 saturated carbocycles. The molecule has 0 spiro atoms. The van der Waals surface area contributed by atoms with Gasteiger partial charge in [0.05, 0.1) is 13.2 Å². The molecule has 0 aliphatic heterocycles. The molecule has 132 valence electrons. The summed E-state index contributed by atoms with van der Waals surface area (Å²) in [6, 6.07) is 0. The van der Waals surface area contributed by atoms with Gasteiger partial charge in [0.1, 0.15) is 0 Å². The topological polar surface area (TPSA) is 46.5 Å². The predicted octanol–water partition coefficient (Wildman–Crippen LogP) is 4.37. The van der Waals surface area contributed by atoms with Crippen LogP contribution >= 0.6 is 0 Å². The zero-order valence-corrected chi connectivity index (χ0v) is 15.6. The van der Waals surface area contributed by atoms with Crippen molar-refractivity contribution in [1.82, 2.24) is 0 Å². The standard InChI is InChI=1S/C21H30O3/c1-15(8-7-9-16(2)14-20(23)24-6)10-11-18-17(3)19(22)12-13-21(18,4)5/h7-14,17-19,22H,1-6H3. The molecule has 0 aromatic rings. The van der Waals surface area contributed by atoms with E-state index in [1.165, 1.54) is 13.2 Å². The van der Waals surface area contributed by atoms with Crippen molar-refractivity contribution < 1.29 is 14.6 Å². The van der Waals surface area contributed by atoms with Crippen LogP contribution in [0.25, 0.3) is 0 Å². The van der Waals surface area contributed by atoms with Crippen molar-refractivity contribution in [3.8, 4) is 0 Å². The summed E-state index contributed by atoms with van der Waals surface area (Å²) in [5.74, 6) is 0.124. The zero-order valence-electron chi connectivity index (χ0n) is 15.6. The normalized spacial score (nSPS) is 27.9. The van der Waals surface area contributed by atoms with Gasteiger partial charge in [0.25, 0.3) is 0 Å². The Kier molecular flexibility index (Phi) is 7.43. The number of aliphatic hydroxyl groups is 1. The Hall–Kier alpha value is -1.87. The second kappa shape index (κ2) is 8.84. The fourth-order valence-electron chi connectivity index (χ4n) is 2.90. The lowest BCUT2D eigenvalue weighted by molar-refractivity contribution is -0.134. The molecule has 3 heteroatoms. The van der Waals surface area contributed by atoms with Gasteiger partial charge in [-0.25, -0.2) is 4.79 Å². The van der Waals surface area contributed by atoms with Gasteiger partial charge >= 0.3 is 5.97 Å². The van der Waals surface area contributed by atoms with E-state index in [2.05, 4.69) is 43.7 Å². The molecule has 0 fully saturated rings. The van der Waals surface area contributed by atoms with E-state index in [9.17, 15) is 9.90 Å². The van der Waals surface area contributed by atoms with Gasteiger partial charge in [0.2, 0.25) is 0 Å². The van der Waals surface area contributed by atoms with Crippen LogP contribution in [-0.4, -0.2) is 24.3 Å². The molecular formula is C21H30O3. The molecule has 0 aromatic carbocycles. The average molecular weight is 330 g/mol. The highest BCUT2D eigenvalue weighted by Gasteiger charge is 2.35. The molecule has 3 atom stereocenters. The van der Waals surface area contributed by atoms with Crippen molar-refractivity contribution in [2.45, 2.75) is 40.7 Å². The Balaban J connectivity index is 2.77. The molecule has 0 aromatic heterocycles. The zero-order chi connectivity index (χ0) is 18.3. The molecule has 0 bridgehead atoms. The fraction of sp³-hybridized carbons (Fsp3) is 0.476. The minimum atomic E-state index is -0.386. The van der Waals surface area contributed by atoms with Gasteiger partial charge in [-0.2, -0.15) is 0 Å². The molecule has 0 heterocycles. The molecule has 0 amide bonds. The highest BCUT2D eigenvalue weighted by atomic mass is 16.5. The number of carbonyl (C=O) groups is 1. The highest BCUT2D eigenvalue weighted by molar-refractivity contribution is 5.83. The lowest BCUT2D eigenvalue weighted by Crippen LogP contribution is -2.36. The first-order chi connectivity index (χ1) is 11.2. The molecule has 0 saturated heterocycles. The number of esters is 1. The highest BCUT2D eigenvalue weighted by Crippen LogP contribution is 2.40. The van der Waals surface area contributed by atoms with E-state index in [0.717, 1.165) is 11.1 Å². The number of carbonyl (C=O) groups excluding carboxylic acids is 1. The number of hydrogen-bond donors (Lipinski definition) is 1. The van der Waals surface area contributed by atoms with Crippen LogP contribution in [-0.2, 0) is 9.53 Å². The number of rotatable bonds is 5. The van der Waals surface area contributed by atoms with E-state index in [4.69, 9.17) is 0 Å². The van der Waals surface area contributed by atoms with Crippen LogP contribution in [0.3, 0.4) is 0 Å². The van der Waals surface area contributed by atoms with E-state index in [1.54, 1.807) is 0 Å². The molecule has 1 N–H and O–H groups in total. The van der Waals surface area contributed by atoms with Gasteiger partial charge < -0.3 is 9.84 Å². The number of methoxy groups -OCH3 is 1. The minimum Gasteiger partial charge on any atom is -0.466 e. The lowest BCUT2D eigenvalue weighted by Gasteiger charge is -2.39. The van der Waals surface area contributed by atoms with E-state index in [0.29, 0.717) is 0 Å². The van der Waals surface area contributed by atoms with E-state index < -0.39 is 0 Å². The monoisotopic (exact) mass is 330 g/mol. The molecule has 0 radical (unpaired) electrons. The van der Waals surface area contributed by atoms with Crippen LogP contribution in [0.1, 0.15) is 34.6 Å². The third kappa shape index (κ3) is 5.97. The number of allylic oxidation sites excluding steroid dienone is 8. The van der Waals surface area contributed by atoms with Crippen LogP contribution in [0.5, 0.6) is 0 Å². The Labute approximate surface area is 146 Å². The van der Waals surface area contributed by atoms with Crippen LogP contribution in [0.2, 0.25) is 0 Å². The third-order valence-corrected chi connectivity index (χ3v) is 4.52. The molecule has 1 aliphatic carbocycles. The van der Waals surface area contributed by atoms with Crippen LogP contribution < -0.4 is 0 Å². The third-order valence-electron chi connectivity index (χ3n) is 4.52. The second-order valence-corrected chi connectivity index (χ2v) is 7.10. The number of hydrogen-bond acceptors (Lipinski definition) is 3. The minimum absolute atomic E-state index is 0.0328. The van der Waals surface area contributed by atoms with E-state index in [1.807, 2.05) is 38.2 Å². The summed E-state index contributed by atoms with van der Waals surface area (Å²) in [5, 5.41) is 10.0. The summed E-state index contributed by atoms with van der Waals surface area (Å²) in [6.07, 6.45) is 15.1. The SMILES string of the molecule is COC(=O)C=C(C)C=CC=C(C)C=CC1C(C)C(O)C=CC1(C)C. The Morgan fingerprint density at radius 3 is 2.50 bits per heavy atom. The largest absolute Gasteiger partial charge is 0.466 e. The predicted molar refractivity (Wildman–Crippen MR) is 99.4 cm³/mol. The Morgan fingerprint density at radius 1 is 1.21 bits per heavy atom. The summed E-state index contributed by atoms with van der Waals surface area (Å²) >= 11 is 0. The lowest BCUT2D eigenvalue weighted by atomic mass is 9.67. The second-order valence-electron chi connectivity index (χ2n) is 7.10. The van der Waals surface area contributed by atoms with Crippen molar-refractivity contribution in [1.29, 1.82) is 0 Å². The van der Waals surface area contributed by atoms with Gasteiger partial charge in [-0.15, -0.1) is 0 Å². The Morgan fingerprint density at radius 2 is 1.88 bits per heavy atom. The maximum atomic E-state index is 11.1. The Bertz CT molecular complexity index is 588. The summed E-state index contributed by atoms with van der Waals surface area (Å²) in [7, 11) is 1.37. The smallest absolute Gasteiger partial charge is 0.330 e. The van der Waals surface area contributed by atoms with Crippen molar-refractivity contribution in [2.75, 3.05) is 7.11 Å². The van der Waals surface area contributed by atoms with Crippen molar-refractivity contribution in [2.24, 2.45) is 17.3 Å². The number of ether oxygens (including phenoxy) is 1. The first-order valence-corrected chi connectivity index (χ1v) is 8.34. The van der Waals surface area contributed by atoms with Crippen molar-refractivity contribution in [3.63, 3.8) is 0 Å². The molecule has 3 unspecified atom stereocenters. The average Bonchev–Trinajstić information content (AvgIpc) is 2.51. The summed E-state index contributed by atoms with van der Waals surface area (Å²) in [6.45, 7) is 10.4. The van der Waals surface area contributed by atoms with Crippen LogP contribution in [0.4, 0.5) is 0 Å². The molecule has 1 aliphatic rings. The quantitative estimate of drug-likeness (QED) is 0.352. The van der Waals surface area contributed by atoms with Crippen molar-refractivity contribution >= 4 is 5.97 Å². The first kappa shape index (κ1) is 20.2.